The largest absolute Gasteiger partial charge is 0.496 e. The van der Waals surface area contributed by atoms with E-state index in [1.165, 1.54) is 25.3 Å². The van der Waals surface area contributed by atoms with Gasteiger partial charge in [-0.05, 0) is 53.2 Å². The molecule has 0 spiro atoms. The molecule has 1 saturated heterocycles. The van der Waals surface area contributed by atoms with Crippen LogP contribution in [0.3, 0.4) is 0 Å². The van der Waals surface area contributed by atoms with Crippen molar-refractivity contribution in [1.82, 2.24) is 10.6 Å². The number of halogens is 4. The highest BCUT2D eigenvalue weighted by molar-refractivity contribution is 8.18. The molecular formula is C20H14F4N2O4S. The van der Waals surface area contributed by atoms with Gasteiger partial charge in [0.05, 0.1) is 23.1 Å². The number of rotatable bonds is 5. The Balaban J connectivity index is 1.78. The molecule has 1 heterocycles. The van der Waals surface area contributed by atoms with E-state index in [9.17, 15) is 31.9 Å². The second-order valence-corrected chi connectivity index (χ2v) is 7.32. The standard InChI is InChI=1S/C20H14F4N2O4S/c1-30-15-5-3-10(8-16-18(28)26-19(29)31-16)6-12(15)17(27)25-9-11-2-4-13(14(21)7-11)20(22,23)24/h2-8H,9H2,1H3,(H,25,27)(H,26,28,29)/b16-8-. The zero-order valence-corrected chi connectivity index (χ0v) is 16.6. The molecule has 0 radical (unpaired) electrons. The SMILES string of the molecule is COc1ccc(/C=C2\SC(=O)NC2=O)cc1C(=O)NCc1ccc(C(F)(F)F)c(F)c1. The van der Waals surface area contributed by atoms with E-state index in [0.717, 1.165) is 17.8 Å². The number of amides is 3. The number of carbonyl (C=O) groups is 3. The van der Waals surface area contributed by atoms with Crippen LogP contribution in [0, 0.1) is 5.82 Å². The van der Waals surface area contributed by atoms with Gasteiger partial charge in [0.15, 0.2) is 0 Å². The first kappa shape index (κ1) is 22.3. The molecule has 3 amide bonds. The van der Waals surface area contributed by atoms with E-state index in [4.69, 9.17) is 4.74 Å². The molecule has 1 aliphatic rings. The Labute approximate surface area is 177 Å². The summed E-state index contributed by atoms with van der Waals surface area (Å²) in [5.74, 6) is -2.41. The van der Waals surface area contributed by atoms with Crippen molar-refractivity contribution in [3.63, 3.8) is 0 Å². The zero-order valence-electron chi connectivity index (χ0n) is 15.8. The highest BCUT2D eigenvalue weighted by Gasteiger charge is 2.33. The maximum atomic E-state index is 13.7. The highest BCUT2D eigenvalue weighted by Crippen LogP contribution is 2.32. The molecule has 0 bridgehead atoms. The second kappa shape index (κ2) is 8.80. The van der Waals surface area contributed by atoms with Crippen LogP contribution in [-0.4, -0.2) is 24.2 Å². The van der Waals surface area contributed by atoms with Crippen LogP contribution in [0.15, 0.2) is 41.3 Å². The molecule has 2 aromatic rings. The van der Waals surface area contributed by atoms with Crippen LogP contribution in [-0.2, 0) is 17.5 Å². The molecule has 0 aliphatic carbocycles. The predicted octanol–water partition coefficient (Wildman–Crippen LogP) is 4.11. The lowest BCUT2D eigenvalue weighted by molar-refractivity contribution is -0.140. The molecule has 0 aromatic heterocycles. The summed E-state index contributed by atoms with van der Waals surface area (Å²) >= 11 is 0.719. The number of hydrogen-bond acceptors (Lipinski definition) is 5. The quantitative estimate of drug-likeness (QED) is 0.525. The van der Waals surface area contributed by atoms with Crippen molar-refractivity contribution in [2.24, 2.45) is 0 Å². The van der Waals surface area contributed by atoms with Crippen LogP contribution in [0.2, 0.25) is 0 Å². The monoisotopic (exact) mass is 454 g/mol. The third-order valence-electron chi connectivity index (χ3n) is 4.20. The number of methoxy groups -OCH3 is 1. The molecule has 2 aromatic carbocycles. The molecule has 162 valence electrons. The molecule has 3 rings (SSSR count). The molecule has 1 fully saturated rings. The van der Waals surface area contributed by atoms with E-state index < -0.39 is 34.6 Å². The van der Waals surface area contributed by atoms with Crippen LogP contribution in [0.1, 0.15) is 27.0 Å². The summed E-state index contributed by atoms with van der Waals surface area (Å²) in [6, 6.07) is 6.86. The highest BCUT2D eigenvalue weighted by atomic mass is 32.2. The average molecular weight is 454 g/mol. The summed E-state index contributed by atoms with van der Waals surface area (Å²) < 4.78 is 56.8. The van der Waals surface area contributed by atoms with Gasteiger partial charge in [-0.15, -0.1) is 0 Å². The number of ether oxygens (including phenoxy) is 1. The van der Waals surface area contributed by atoms with Gasteiger partial charge < -0.3 is 10.1 Å². The Morgan fingerprint density at radius 3 is 2.52 bits per heavy atom. The van der Waals surface area contributed by atoms with Gasteiger partial charge >= 0.3 is 6.18 Å². The fraction of sp³-hybridized carbons (Fsp3) is 0.150. The van der Waals surface area contributed by atoms with Gasteiger partial charge in [0.2, 0.25) is 0 Å². The number of carbonyl (C=O) groups excluding carboxylic acids is 3. The topological polar surface area (TPSA) is 84.5 Å². The van der Waals surface area contributed by atoms with Crippen LogP contribution in [0.25, 0.3) is 6.08 Å². The number of alkyl halides is 3. The summed E-state index contributed by atoms with van der Waals surface area (Å²) in [6.45, 7) is -0.227. The van der Waals surface area contributed by atoms with E-state index in [1.54, 1.807) is 6.07 Å². The zero-order chi connectivity index (χ0) is 22.8. The Bertz CT molecular complexity index is 1100. The molecular weight excluding hydrogens is 440 g/mol. The Kier molecular flexibility index (Phi) is 6.34. The number of benzene rings is 2. The Hall–Kier alpha value is -3.34. The maximum Gasteiger partial charge on any atom is 0.419 e. The molecule has 1 aliphatic heterocycles. The van der Waals surface area contributed by atoms with Gasteiger partial charge in [0.25, 0.3) is 17.1 Å². The third-order valence-corrected chi connectivity index (χ3v) is 5.01. The molecule has 6 nitrogen and oxygen atoms in total. The van der Waals surface area contributed by atoms with Crippen LogP contribution in [0.5, 0.6) is 5.75 Å². The maximum absolute atomic E-state index is 13.7. The summed E-state index contributed by atoms with van der Waals surface area (Å²) in [4.78, 5) is 35.7. The molecule has 31 heavy (non-hydrogen) atoms. The number of nitrogens with one attached hydrogen (secondary N) is 2. The smallest absolute Gasteiger partial charge is 0.419 e. The van der Waals surface area contributed by atoms with Crippen molar-refractivity contribution >= 4 is 34.9 Å². The van der Waals surface area contributed by atoms with Gasteiger partial charge in [-0.25, -0.2) is 4.39 Å². The summed E-state index contributed by atoms with van der Waals surface area (Å²) in [5, 5.41) is 4.09. The van der Waals surface area contributed by atoms with Crippen molar-refractivity contribution in [2.75, 3.05) is 7.11 Å². The minimum absolute atomic E-state index is 0.0824. The average Bonchev–Trinajstić information content (AvgIpc) is 3.01. The van der Waals surface area contributed by atoms with E-state index >= 15 is 0 Å². The Morgan fingerprint density at radius 1 is 1.19 bits per heavy atom. The summed E-state index contributed by atoms with van der Waals surface area (Å²) in [6.07, 6.45) is -3.39. The Morgan fingerprint density at radius 2 is 1.94 bits per heavy atom. The molecule has 11 heteroatoms. The van der Waals surface area contributed by atoms with Crippen LogP contribution in [0.4, 0.5) is 22.4 Å². The van der Waals surface area contributed by atoms with Crippen molar-refractivity contribution in [2.45, 2.75) is 12.7 Å². The minimum atomic E-state index is -4.81. The van der Waals surface area contributed by atoms with Crippen LogP contribution >= 0.6 is 11.8 Å². The van der Waals surface area contributed by atoms with Crippen molar-refractivity contribution in [3.8, 4) is 5.75 Å². The number of imide groups is 1. The van der Waals surface area contributed by atoms with Gasteiger partial charge in [-0.1, -0.05) is 12.1 Å². The first-order valence-electron chi connectivity index (χ1n) is 8.65. The van der Waals surface area contributed by atoms with E-state index in [2.05, 4.69) is 10.6 Å². The molecule has 0 atom stereocenters. The number of thioether (sulfide) groups is 1. The van der Waals surface area contributed by atoms with Crippen molar-refractivity contribution < 1.29 is 36.7 Å². The van der Waals surface area contributed by atoms with E-state index in [1.807, 2.05) is 0 Å². The van der Waals surface area contributed by atoms with Gasteiger partial charge in [0, 0.05) is 6.54 Å². The molecule has 0 saturated carbocycles. The summed E-state index contributed by atoms with van der Waals surface area (Å²) in [5.41, 5.74) is -0.733. The minimum Gasteiger partial charge on any atom is -0.496 e. The fourth-order valence-electron chi connectivity index (χ4n) is 2.74. The fourth-order valence-corrected chi connectivity index (χ4v) is 3.42. The molecule has 0 unspecified atom stereocenters. The lowest BCUT2D eigenvalue weighted by Gasteiger charge is -2.12. The first-order valence-corrected chi connectivity index (χ1v) is 9.47. The van der Waals surface area contributed by atoms with Gasteiger partial charge in [-0.2, -0.15) is 13.2 Å². The van der Waals surface area contributed by atoms with Crippen molar-refractivity contribution in [1.29, 1.82) is 0 Å². The van der Waals surface area contributed by atoms with Crippen LogP contribution < -0.4 is 15.4 Å². The van der Waals surface area contributed by atoms with Crippen molar-refractivity contribution in [3.05, 3.63) is 69.4 Å². The normalized spacial score (nSPS) is 15.2. The second-order valence-electron chi connectivity index (χ2n) is 6.31. The number of hydrogen-bond donors (Lipinski definition) is 2. The van der Waals surface area contributed by atoms with Gasteiger partial charge in [-0.3, -0.25) is 19.7 Å². The lowest BCUT2D eigenvalue weighted by atomic mass is 10.1. The lowest BCUT2D eigenvalue weighted by Crippen LogP contribution is -2.23. The predicted molar refractivity (Wildman–Crippen MR) is 105 cm³/mol. The van der Waals surface area contributed by atoms with E-state index in [0.29, 0.717) is 17.7 Å². The van der Waals surface area contributed by atoms with Gasteiger partial charge in [0.1, 0.15) is 11.6 Å². The third kappa shape index (κ3) is 5.23. The van der Waals surface area contributed by atoms with E-state index in [-0.39, 0.29) is 28.3 Å². The molecule has 2 N–H and O–H groups in total. The summed E-state index contributed by atoms with van der Waals surface area (Å²) in [7, 11) is 1.34. The first-order chi connectivity index (χ1) is 14.6.